The summed E-state index contributed by atoms with van der Waals surface area (Å²) in [5.41, 5.74) is -2.03. The van der Waals surface area contributed by atoms with Gasteiger partial charge in [-0.3, -0.25) is 9.59 Å². The average molecular weight is 353 g/mol. The lowest BCUT2D eigenvalue weighted by Gasteiger charge is -2.33. The molecule has 2 aromatic rings. The van der Waals surface area contributed by atoms with Crippen LogP contribution in [0.5, 0.6) is 5.75 Å². The number of anilines is 2. The minimum Gasteiger partial charge on any atom is -0.466 e. The molecular weight excluding hydrogens is 342 g/mol. The number of nitrogens with one attached hydrogen (secondary N) is 2. The van der Waals surface area contributed by atoms with Crippen LogP contribution in [-0.2, 0) is 9.59 Å². The number of carbonyl (C=O) groups excluding carboxylic acids is 2. The molecular formula is C16H11ClF2N2O3. The fraction of sp³-hybridized carbons (Fsp3) is 0.125. The molecule has 2 N–H and O–H groups in total. The van der Waals surface area contributed by atoms with E-state index in [0.717, 1.165) is 18.2 Å². The molecule has 124 valence electrons. The maximum Gasteiger partial charge on any atom is 0.278 e. The van der Waals surface area contributed by atoms with Gasteiger partial charge < -0.3 is 15.4 Å². The summed E-state index contributed by atoms with van der Waals surface area (Å²) in [6, 6.07) is 7.08. The maximum atomic E-state index is 13.7. The van der Waals surface area contributed by atoms with Crippen molar-refractivity contribution >= 4 is 34.8 Å². The zero-order valence-electron chi connectivity index (χ0n) is 12.3. The van der Waals surface area contributed by atoms with Crippen molar-refractivity contribution in [3.63, 3.8) is 0 Å². The van der Waals surface area contributed by atoms with Crippen LogP contribution in [0.1, 0.15) is 6.92 Å². The highest BCUT2D eigenvalue weighted by atomic mass is 35.5. The van der Waals surface area contributed by atoms with Gasteiger partial charge in [-0.05, 0) is 37.3 Å². The standard InChI is InChI=1S/C16H11ClF2N2O3/c1-16(14(22)20-11-7-9(18)3-4-10(11)19)15(23)21-12-6-8(17)2-5-13(12)24-16/h2-7H,1H3,(H,20,22)(H,21,23). The van der Waals surface area contributed by atoms with E-state index in [2.05, 4.69) is 10.6 Å². The van der Waals surface area contributed by atoms with Gasteiger partial charge in [-0.15, -0.1) is 0 Å². The largest absolute Gasteiger partial charge is 0.466 e. The zero-order chi connectivity index (χ0) is 17.5. The van der Waals surface area contributed by atoms with Gasteiger partial charge in [0.15, 0.2) is 0 Å². The molecule has 2 aromatic carbocycles. The molecule has 0 saturated heterocycles. The fourth-order valence-corrected chi connectivity index (χ4v) is 2.35. The van der Waals surface area contributed by atoms with Crippen molar-refractivity contribution in [1.82, 2.24) is 0 Å². The van der Waals surface area contributed by atoms with E-state index in [0.29, 0.717) is 10.7 Å². The van der Waals surface area contributed by atoms with E-state index in [-0.39, 0.29) is 11.4 Å². The van der Waals surface area contributed by atoms with Crippen LogP contribution in [0.4, 0.5) is 20.2 Å². The van der Waals surface area contributed by atoms with Gasteiger partial charge in [0.2, 0.25) is 0 Å². The monoisotopic (exact) mass is 352 g/mol. The second-order valence-electron chi connectivity index (χ2n) is 5.31. The van der Waals surface area contributed by atoms with Gasteiger partial charge in [-0.1, -0.05) is 11.6 Å². The van der Waals surface area contributed by atoms with Crippen LogP contribution in [0, 0.1) is 11.6 Å². The van der Waals surface area contributed by atoms with Gasteiger partial charge in [0.25, 0.3) is 17.4 Å². The third-order valence-corrected chi connectivity index (χ3v) is 3.78. The van der Waals surface area contributed by atoms with E-state index in [4.69, 9.17) is 16.3 Å². The Morgan fingerprint density at radius 2 is 2.00 bits per heavy atom. The van der Waals surface area contributed by atoms with Crippen molar-refractivity contribution < 1.29 is 23.1 Å². The minimum absolute atomic E-state index is 0.233. The van der Waals surface area contributed by atoms with Crippen molar-refractivity contribution in [1.29, 1.82) is 0 Å². The molecule has 24 heavy (non-hydrogen) atoms. The summed E-state index contributed by atoms with van der Waals surface area (Å²) in [6.07, 6.45) is 0. The summed E-state index contributed by atoms with van der Waals surface area (Å²) in [5, 5.41) is 5.06. The van der Waals surface area contributed by atoms with Gasteiger partial charge in [0.05, 0.1) is 11.4 Å². The van der Waals surface area contributed by atoms with Crippen LogP contribution >= 0.6 is 11.6 Å². The Bertz CT molecular complexity index is 859. The first-order valence-corrected chi connectivity index (χ1v) is 7.24. The Balaban J connectivity index is 1.90. The first kappa shape index (κ1) is 16.2. The van der Waals surface area contributed by atoms with E-state index >= 15 is 0 Å². The smallest absolute Gasteiger partial charge is 0.278 e. The van der Waals surface area contributed by atoms with Crippen molar-refractivity contribution in [2.45, 2.75) is 12.5 Å². The highest BCUT2D eigenvalue weighted by Crippen LogP contribution is 2.36. The van der Waals surface area contributed by atoms with Crippen LogP contribution in [0.3, 0.4) is 0 Å². The number of hydrogen-bond donors (Lipinski definition) is 2. The van der Waals surface area contributed by atoms with Crippen LogP contribution in [0.25, 0.3) is 0 Å². The van der Waals surface area contributed by atoms with Gasteiger partial charge in [-0.2, -0.15) is 0 Å². The predicted octanol–water partition coefficient (Wildman–Crippen LogP) is 3.35. The zero-order valence-corrected chi connectivity index (χ0v) is 13.1. The highest BCUT2D eigenvalue weighted by molar-refractivity contribution is 6.31. The molecule has 1 aliphatic heterocycles. The lowest BCUT2D eigenvalue weighted by molar-refractivity contribution is -0.143. The molecule has 0 spiro atoms. The minimum atomic E-state index is -1.96. The van der Waals surface area contributed by atoms with Crippen molar-refractivity contribution in [3.8, 4) is 5.75 Å². The molecule has 0 aliphatic carbocycles. The molecule has 5 nitrogen and oxygen atoms in total. The third-order valence-electron chi connectivity index (χ3n) is 3.55. The normalized spacial score (nSPS) is 19.1. The number of benzene rings is 2. The van der Waals surface area contributed by atoms with E-state index < -0.39 is 29.0 Å². The lowest BCUT2D eigenvalue weighted by Crippen LogP contribution is -2.56. The van der Waals surface area contributed by atoms with Gasteiger partial charge in [0, 0.05) is 11.1 Å². The van der Waals surface area contributed by atoms with E-state index in [1.165, 1.54) is 25.1 Å². The molecule has 0 saturated carbocycles. The predicted molar refractivity (Wildman–Crippen MR) is 84.1 cm³/mol. The van der Waals surface area contributed by atoms with Crippen LogP contribution < -0.4 is 15.4 Å². The summed E-state index contributed by atoms with van der Waals surface area (Å²) in [6.45, 7) is 1.23. The number of rotatable bonds is 2. The number of carbonyl (C=O) groups is 2. The molecule has 1 heterocycles. The lowest BCUT2D eigenvalue weighted by atomic mass is 10.0. The second-order valence-corrected chi connectivity index (χ2v) is 5.74. The van der Waals surface area contributed by atoms with E-state index in [1.54, 1.807) is 0 Å². The molecule has 0 bridgehead atoms. The van der Waals surface area contributed by atoms with Gasteiger partial charge >= 0.3 is 0 Å². The summed E-state index contributed by atoms with van der Waals surface area (Å²) in [4.78, 5) is 24.7. The van der Waals surface area contributed by atoms with Crippen LogP contribution in [0.2, 0.25) is 5.02 Å². The molecule has 0 fully saturated rings. The number of amides is 2. The Hall–Kier alpha value is -2.67. The average Bonchev–Trinajstić information content (AvgIpc) is 2.52. The van der Waals surface area contributed by atoms with Crippen molar-refractivity contribution in [2.75, 3.05) is 10.6 Å². The number of ether oxygens (including phenoxy) is 1. The molecule has 1 aliphatic rings. The van der Waals surface area contributed by atoms with Crippen LogP contribution in [0.15, 0.2) is 36.4 Å². The quantitative estimate of drug-likeness (QED) is 0.814. The number of fused-ring (bicyclic) bond motifs is 1. The third kappa shape index (κ3) is 2.78. The van der Waals surface area contributed by atoms with Crippen LogP contribution in [-0.4, -0.2) is 17.4 Å². The van der Waals surface area contributed by atoms with Crippen molar-refractivity contribution in [2.24, 2.45) is 0 Å². The van der Waals surface area contributed by atoms with Gasteiger partial charge in [-0.25, -0.2) is 8.78 Å². The van der Waals surface area contributed by atoms with E-state index in [9.17, 15) is 18.4 Å². The first-order valence-electron chi connectivity index (χ1n) is 6.86. The molecule has 1 unspecified atom stereocenters. The fourth-order valence-electron chi connectivity index (χ4n) is 2.18. The Kier molecular flexibility index (Phi) is 3.88. The SMILES string of the molecule is CC1(C(=O)Nc2cc(F)ccc2F)Oc2ccc(Cl)cc2NC1=O. The first-order chi connectivity index (χ1) is 11.3. The Morgan fingerprint density at radius 1 is 1.25 bits per heavy atom. The molecule has 0 aromatic heterocycles. The van der Waals surface area contributed by atoms with Crippen molar-refractivity contribution in [3.05, 3.63) is 53.1 Å². The summed E-state index contributed by atoms with van der Waals surface area (Å²) in [7, 11) is 0. The summed E-state index contributed by atoms with van der Waals surface area (Å²) < 4.78 is 32.4. The molecule has 0 radical (unpaired) electrons. The molecule has 3 rings (SSSR count). The van der Waals surface area contributed by atoms with E-state index in [1.807, 2.05) is 0 Å². The summed E-state index contributed by atoms with van der Waals surface area (Å²) >= 11 is 5.83. The molecule has 1 atom stereocenters. The number of halogens is 3. The Labute approximate surface area is 140 Å². The topological polar surface area (TPSA) is 67.4 Å². The second kappa shape index (κ2) is 5.76. The number of hydrogen-bond acceptors (Lipinski definition) is 3. The maximum absolute atomic E-state index is 13.7. The highest BCUT2D eigenvalue weighted by Gasteiger charge is 2.47. The molecule has 2 amide bonds. The summed E-state index contributed by atoms with van der Waals surface area (Å²) in [5.74, 6) is -3.03. The van der Waals surface area contributed by atoms with Gasteiger partial charge in [0.1, 0.15) is 17.4 Å². The Morgan fingerprint density at radius 3 is 2.75 bits per heavy atom. The molecule has 8 heteroatoms.